The Morgan fingerprint density at radius 2 is 0.857 bits per heavy atom. The van der Waals surface area contributed by atoms with E-state index in [2.05, 4.69) is 0 Å². The van der Waals surface area contributed by atoms with Crippen molar-refractivity contribution in [3.05, 3.63) is 179 Å². The van der Waals surface area contributed by atoms with Gasteiger partial charge in [0.2, 0.25) is 0 Å². The maximum absolute atomic E-state index is 15.9. The highest BCUT2D eigenvalue weighted by Gasteiger charge is 2.46. The van der Waals surface area contributed by atoms with Gasteiger partial charge in [0, 0.05) is 0 Å². The predicted octanol–water partition coefficient (Wildman–Crippen LogP) is 8.14. The molecule has 246 valence electrons. The predicted molar refractivity (Wildman–Crippen MR) is 172 cm³/mol. The summed E-state index contributed by atoms with van der Waals surface area (Å²) in [5.41, 5.74) is 1.93. The smallest absolute Gasteiger partial charge is 0.339 e. The molecule has 0 amide bonds. The normalized spacial score (nSPS) is 13.4. The molecule has 12 heteroatoms. The Morgan fingerprint density at radius 1 is 0.449 bits per heavy atom. The van der Waals surface area contributed by atoms with Crippen molar-refractivity contribution in [2.24, 2.45) is 0 Å². The Kier molecular flexibility index (Phi) is 7.80. The van der Waals surface area contributed by atoms with Crippen LogP contribution in [0, 0.1) is 23.3 Å². The highest BCUT2D eigenvalue weighted by molar-refractivity contribution is 7.87. The Bertz CT molecular complexity index is 2330. The molecular formula is C37H22F4O6S2. The van der Waals surface area contributed by atoms with Crippen LogP contribution in [0.15, 0.2) is 143 Å². The van der Waals surface area contributed by atoms with Crippen LogP contribution in [0.3, 0.4) is 0 Å². The lowest BCUT2D eigenvalue weighted by Crippen LogP contribution is -2.29. The molecule has 0 aliphatic heterocycles. The van der Waals surface area contributed by atoms with Crippen molar-refractivity contribution >= 4 is 20.2 Å². The second kappa shape index (κ2) is 11.9. The van der Waals surface area contributed by atoms with E-state index >= 15 is 8.78 Å². The van der Waals surface area contributed by atoms with Crippen molar-refractivity contribution < 1.29 is 42.8 Å². The summed E-state index contributed by atoms with van der Waals surface area (Å²) in [5, 5.41) is 0. The monoisotopic (exact) mass is 702 g/mol. The summed E-state index contributed by atoms with van der Waals surface area (Å²) in [6.45, 7) is 0. The number of hydrogen-bond donors (Lipinski definition) is 0. The third kappa shape index (κ3) is 5.52. The number of fused-ring (bicyclic) bond motifs is 3. The summed E-state index contributed by atoms with van der Waals surface area (Å²) in [4.78, 5) is -1.02. The zero-order chi connectivity index (χ0) is 34.6. The molecule has 49 heavy (non-hydrogen) atoms. The second-order valence-corrected chi connectivity index (χ2v) is 14.2. The second-order valence-electron chi connectivity index (χ2n) is 11.1. The minimum absolute atomic E-state index is 0.262. The van der Waals surface area contributed by atoms with Crippen molar-refractivity contribution in [3.8, 4) is 22.6 Å². The molecule has 0 aromatic heterocycles. The molecule has 0 fully saturated rings. The van der Waals surface area contributed by atoms with Crippen molar-refractivity contribution in [1.82, 2.24) is 0 Å². The van der Waals surface area contributed by atoms with Gasteiger partial charge >= 0.3 is 20.2 Å². The van der Waals surface area contributed by atoms with E-state index in [9.17, 15) is 25.6 Å². The lowest BCUT2D eigenvalue weighted by molar-refractivity contribution is 0.459. The molecule has 6 aromatic carbocycles. The van der Waals surface area contributed by atoms with Crippen LogP contribution in [-0.2, 0) is 25.7 Å². The Hall–Kier alpha value is -5.46. The molecule has 0 heterocycles. The first kappa shape index (κ1) is 32.1. The third-order valence-electron chi connectivity index (χ3n) is 8.25. The van der Waals surface area contributed by atoms with Crippen molar-refractivity contribution in [2.45, 2.75) is 15.2 Å². The Labute approximate surface area is 279 Å². The number of hydrogen-bond acceptors (Lipinski definition) is 6. The topological polar surface area (TPSA) is 86.7 Å². The third-order valence-corrected chi connectivity index (χ3v) is 10.7. The van der Waals surface area contributed by atoms with Crippen LogP contribution in [0.25, 0.3) is 11.1 Å². The van der Waals surface area contributed by atoms with Crippen LogP contribution in [0.5, 0.6) is 11.5 Å². The summed E-state index contributed by atoms with van der Waals surface area (Å²) < 4.78 is 121. The van der Waals surface area contributed by atoms with Gasteiger partial charge in [0.1, 0.15) is 21.4 Å². The minimum Gasteiger partial charge on any atom is -0.376 e. The van der Waals surface area contributed by atoms with Crippen LogP contribution in [0.4, 0.5) is 17.6 Å². The van der Waals surface area contributed by atoms with Crippen LogP contribution in [-0.4, -0.2) is 16.8 Å². The molecule has 7 rings (SSSR count). The first-order valence-corrected chi connectivity index (χ1v) is 17.4. The van der Waals surface area contributed by atoms with Crippen molar-refractivity contribution in [1.29, 1.82) is 0 Å². The van der Waals surface area contributed by atoms with Crippen LogP contribution >= 0.6 is 0 Å². The molecule has 0 unspecified atom stereocenters. The molecule has 0 saturated heterocycles. The lowest BCUT2D eigenvalue weighted by Gasteiger charge is -2.34. The Balaban J connectivity index is 1.37. The minimum atomic E-state index is -4.62. The SMILES string of the molecule is O=S(=O)(Oc1ccc(C2(c3ccc(OS(=O)(=O)c4cccc(F)c4)c(F)c3)c3ccccc3-c3ccccc32)cc1F)c1cccc(F)c1. The van der Waals surface area contributed by atoms with Gasteiger partial charge in [-0.25, -0.2) is 17.6 Å². The molecular weight excluding hydrogens is 681 g/mol. The highest BCUT2D eigenvalue weighted by atomic mass is 32.2. The first-order valence-electron chi connectivity index (χ1n) is 14.6. The zero-order valence-electron chi connectivity index (χ0n) is 25.0. The van der Waals surface area contributed by atoms with Gasteiger partial charge in [-0.3, -0.25) is 0 Å². The quantitative estimate of drug-likeness (QED) is 0.117. The fourth-order valence-electron chi connectivity index (χ4n) is 6.20. The maximum atomic E-state index is 15.9. The van der Waals surface area contributed by atoms with E-state index in [1.807, 2.05) is 24.3 Å². The van der Waals surface area contributed by atoms with Gasteiger partial charge < -0.3 is 8.37 Å². The summed E-state index contributed by atoms with van der Waals surface area (Å²) >= 11 is 0. The fraction of sp³-hybridized carbons (Fsp3) is 0.0270. The molecule has 0 spiro atoms. The summed E-state index contributed by atoms with van der Waals surface area (Å²) in [7, 11) is -9.23. The van der Waals surface area contributed by atoms with E-state index in [1.165, 1.54) is 24.3 Å². The van der Waals surface area contributed by atoms with Gasteiger partial charge in [-0.05, 0) is 94.0 Å². The molecule has 0 atom stereocenters. The first-order chi connectivity index (χ1) is 23.4. The van der Waals surface area contributed by atoms with Gasteiger partial charge in [0.25, 0.3) is 0 Å². The molecule has 0 N–H and O–H groups in total. The van der Waals surface area contributed by atoms with E-state index in [-0.39, 0.29) is 11.1 Å². The van der Waals surface area contributed by atoms with Gasteiger partial charge in [-0.15, -0.1) is 0 Å². The zero-order valence-corrected chi connectivity index (χ0v) is 26.6. The van der Waals surface area contributed by atoms with E-state index in [0.29, 0.717) is 11.1 Å². The molecule has 1 aliphatic carbocycles. The van der Waals surface area contributed by atoms with Gasteiger partial charge in [-0.1, -0.05) is 72.8 Å². The largest absolute Gasteiger partial charge is 0.376 e. The highest BCUT2D eigenvalue weighted by Crippen LogP contribution is 2.56. The standard InChI is InChI=1S/C37H22F4O6S2/c38-25-7-5-9-27(21-25)48(42,43)46-35-17-15-23(19-33(35)40)37(31-13-3-1-11-29(31)30-12-2-4-14-32(30)37)24-16-18-36(34(41)20-24)47-49(44,45)28-10-6-8-26(39)22-28/h1-22H. The van der Waals surface area contributed by atoms with Gasteiger partial charge in [0.15, 0.2) is 23.1 Å². The average Bonchev–Trinajstić information content (AvgIpc) is 3.38. The molecule has 1 aliphatic rings. The average molecular weight is 703 g/mol. The number of rotatable bonds is 8. The van der Waals surface area contributed by atoms with E-state index in [0.717, 1.165) is 71.8 Å². The Morgan fingerprint density at radius 3 is 1.24 bits per heavy atom. The van der Waals surface area contributed by atoms with Gasteiger partial charge in [-0.2, -0.15) is 16.8 Å². The molecule has 0 bridgehead atoms. The van der Waals surface area contributed by atoms with Crippen molar-refractivity contribution in [3.63, 3.8) is 0 Å². The summed E-state index contributed by atoms with van der Waals surface area (Å²) in [6.07, 6.45) is 0. The van der Waals surface area contributed by atoms with Gasteiger partial charge in [0.05, 0.1) is 5.41 Å². The lowest BCUT2D eigenvalue weighted by atomic mass is 9.67. The van der Waals surface area contributed by atoms with E-state index in [1.54, 1.807) is 24.3 Å². The van der Waals surface area contributed by atoms with Crippen LogP contribution in [0.2, 0.25) is 0 Å². The summed E-state index contributed by atoms with van der Waals surface area (Å²) in [5.74, 6) is -5.09. The van der Waals surface area contributed by atoms with E-state index in [4.69, 9.17) is 8.37 Å². The maximum Gasteiger partial charge on any atom is 0.339 e. The number of halogens is 4. The fourth-order valence-corrected chi connectivity index (χ4v) is 8.14. The van der Waals surface area contributed by atoms with Crippen molar-refractivity contribution in [2.75, 3.05) is 0 Å². The summed E-state index contributed by atoms with van der Waals surface area (Å²) in [6, 6.07) is 29.9. The van der Waals surface area contributed by atoms with E-state index < -0.39 is 70.2 Å². The molecule has 6 nitrogen and oxygen atoms in total. The van der Waals surface area contributed by atoms with Crippen LogP contribution < -0.4 is 8.37 Å². The number of benzene rings is 6. The molecule has 0 radical (unpaired) electrons. The molecule has 6 aromatic rings. The van der Waals surface area contributed by atoms with Crippen LogP contribution in [0.1, 0.15) is 22.3 Å². The molecule has 0 saturated carbocycles.